The molecule has 0 aliphatic heterocycles. The van der Waals surface area contributed by atoms with Crippen molar-refractivity contribution in [1.82, 2.24) is 31.0 Å². The number of nitrogens with two attached hydrogens (primary N) is 1. The number of benzene rings is 4. The van der Waals surface area contributed by atoms with Gasteiger partial charge in [-0.1, -0.05) is 86.8 Å². The van der Waals surface area contributed by atoms with E-state index in [1.807, 2.05) is 32.9 Å². The number of rotatable bonds is 45. The number of carboxylic acid groups (broad SMARTS) is 3. The first-order chi connectivity index (χ1) is 45.1. The van der Waals surface area contributed by atoms with Crippen LogP contribution in [-0.2, 0) is 75.6 Å². The molecule has 5 aromatic rings. The second kappa shape index (κ2) is 38.2. The number of Topliss-reactive ketones (excluding diaryl/α,β-unsaturated/α-hetero) is 4. The van der Waals surface area contributed by atoms with Crippen LogP contribution in [0.1, 0.15) is 155 Å². The van der Waals surface area contributed by atoms with Crippen molar-refractivity contribution in [2.75, 3.05) is 19.6 Å². The molecule has 11 N–H and O–H groups in total. The van der Waals surface area contributed by atoms with Crippen LogP contribution >= 0.6 is 0 Å². The Hall–Kier alpha value is -9.30. The van der Waals surface area contributed by atoms with Crippen molar-refractivity contribution < 1.29 is 85.7 Å². The second-order valence-electron chi connectivity index (χ2n) is 24.3. The number of amides is 5. The predicted molar refractivity (Wildman–Crippen MR) is 348 cm³/mol. The van der Waals surface area contributed by atoms with Gasteiger partial charge in [-0.2, -0.15) is 0 Å². The smallest absolute Gasteiger partial charge is 0.305 e. The van der Waals surface area contributed by atoms with E-state index in [9.17, 15) is 85.7 Å². The molecule has 0 unspecified atom stereocenters. The van der Waals surface area contributed by atoms with E-state index < -0.39 is 162 Å². The Bertz CT molecular complexity index is 3630. The van der Waals surface area contributed by atoms with E-state index in [4.69, 9.17) is 5.73 Å². The first-order valence-corrected chi connectivity index (χ1v) is 33.2. The molecule has 0 aliphatic rings. The van der Waals surface area contributed by atoms with Gasteiger partial charge >= 0.3 is 17.9 Å². The van der Waals surface area contributed by atoms with Gasteiger partial charge in [-0.05, 0) is 117 Å². The summed E-state index contributed by atoms with van der Waals surface area (Å²) in [4.78, 5) is 161. The molecule has 0 bridgehead atoms. The molecule has 1 aromatic heterocycles. The molecule has 0 radical (unpaired) electrons. The molecular weight excluding hydrogens is 1250 g/mol. The number of halogens is 1. The van der Waals surface area contributed by atoms with Gasteiger partial charge in [0.1, 0.15) is 11.6 Å². The highest BCUT2D eigenvalue weighted by Gasteiger charge is 2.35. The fraction of sp³-hybridized carbons (Fsp3) is 0.449. The summed E-state index contributed by atoms with van der Waals surface area (Å²) >= 11 is 0. The largest absolute Gasteiger partial charge is 0.481 e. The number of ketones is 4. The molecule has 24 nitrogen and oxygen atoms in total. The molecule has 5 amide bonds. The number of carboxylic acids is 3. The van der Waals surface area contributed by atoms with Gasteiger partial charge in [0.25, 0.3) is 5.91 Å². The Morgan fingerprint density at radius 3 is 1.80 bits per heavy atom. The van der Waals surface area contributed by atoms with Crippen LogP contribution in [0.4, 0.5) is 4.39 Å². The minimum atomic E-state index is -4.51. The third-order valence-electron chi connectivity index (χ3n) is 16.3. The van der Waals surface area contributed by atoms with Crippen LogP contribution in [0, 0.1) is 36.4 Å². The van der Waals surface area contributed by atoms with Crippen LogP contribution in [0.2, 0.25) is 0 Å². The number of para-hydroxylation sites is 1. The molecule has 0 aliphatic carbocycles. The number of sulfonamides is 1. The van der Waals surface area contributed by atoms with Gasteiger partial charge in [0.2, 0.25) is 33.7 Å². The number of primary amides is 1. The van der Waals surface area contributed by atoms with Crippen molar-refractivity contribution in [3.63, 3.8) is 0 Å². The van der Waals surface area contributed by atoms with E-state index in [1.54, 1.807) is 54.7 Å². The normalized spacial score (nSPS) is 13.3. The van der Waals surface area contributed by atoms with Crippen molar-refractivity contribution in [2.24, 2.45) is 29.4 Å². The molecule has 5 rings (SSSR count). The van der Waals surface area contributed by atoms with Crippen molar-refractivity contribution in [1.29, 1.82) is 0 Å². The Labute approximate surface area is 551 Å². The summed E-state index contributed by atoms with van der Waals surface area (Å²) in [6, 6.07) is 21.7. The van der Waals surface area contributed by atoms with Crippen LogP contribution in [0.15, 0.2) is 108 Å². The molecule has 26 heteroatoms. The van der Waals surface area contributed by atoms with Crippen molar-refractivity contribution in [2.45, 2.75) is 159 Å². The first kappa shape index (κ1) is 76.4. The number of nitrogens with one attached hydrogen (secondary N) is 6. The van der Waals surface area contributed by atoms with E-state index in [2.05, 4.69) is 31.0 Å². The van der Waals surface area contributed by atoms with E-state index in [-0.39, 0.29) is 66.7 Å². The Balaban J connectivity index is 1.24. The zero-order valence-electron chi connectivity index (χ0n) is 53.6. The first-order valence-electron chi connectivity index (χ1n) is 31.7. The van der Waals surface area contributed by atoms with Crippen molar-refractivity contribution in [3.05, 3.63) is 137 Å². The molecular formula is C69H86FN7O17S. The fourth-order valence-electron chi connectivity index (χ4n) is 10.9. The topological polar surface area (TPSA) is 402 Å². The molecule has 4 aromatic carbocycles. The highest BCUT2D eigenvalue weighted by atomic mass is 32.2. The third-order valence-corrected chi connectivity index (χ3v) is 17.8. The highest BCUT2D eigenvalue weighted by Crippen LogP contribution is 2.25. The summed E-state index contributed by atoms with van der Waals surface area (Å²) in [5, 5.41) is 40.3. The molecule has 1 heterocycles. The summed E-state index contributed by atoms with van der Waals surface area (Å²) in [5.41, 5.74) is 9.48. The quantitative estimate of drug-likeness (QED) is 0.0180. The minimum Gasteiger partial charge on any atom is -0.481 e. The molecule has 6 atom stereocenters. The number of unbranched alkanes of at least 4 members (excludes halogenated alkanes) is 3. The van der Waals surface area contributed by atoms with Gasteiger partial charge < -0.3 is 47.3 Å². The number of carbonyl (C=O) groups is 12. The van der Waals surface area contributed by atoms with E-state index in [1.165, 1.54) is 24.3 Å². The van der Waals surface area contributed by atoms with Gasteiger partial charge in [0.15, 0.2) is 17.3 Å². The number of aromatic amines is 1. The van der Waals surface area contributed by atoms with Crippen LogP contribution in [0.5, 0.6) is 0 Å². The Morgan fingerprint density at radius 2 is 1.18 bits per heavy atom. The third kappa shape index (κ3) is 26.6. The molecule has 512 valence electrons. The lowest BCUT2D eigenvalue weighted by Crippen LogP contribution is -2.47. The summed E-state index contributed by atoms with van der Waals surface area (Å²) in [6.45, 7) is 5.34. The summed E-state index contributed by atoms with van der Waals surface area (Å²) in [6.07, 6.45) is -1.02. The SMILES string of the molecule is Cc1ccc(C(=O)NCCCC[C@H](CC(=O)CCCCCNC(=O)[C@H](CCC(=O)O)CC(=O)[C@H](Cc2c[nH]c3ccccc23)NC(=O)[C@@H](CC(=O)CNC(=O)[C@H](CCC(=O)O)CC(=O)[C@@H](CC(=O)O)NS(=O)(=O)c2ccc(C(C)C)cc2)Cc2cccc(F)c2)C(N)=O)cc1. The number of hydrogen-bond donors (Lipinski definition) is 10. The van der Waals surface area contributed by atoms with Crippen molar-refractivity contribution >= 4 is 91.5 Å². The van der Waals surface area contributed by atoms with Gasteiger partial charge in [-0.15, -0.1) is 0 Å². The fourth-order valence-corrected chi connectivity index (χ4v) is 12.1. The number of H-pyrrole nitrogens is 1. The van der Waals surface area contributed by atoms with Gasteiger partial charge in [-0.25, -0.2) is 17.5 Å². The molecule has 0 saturated carbocycles. The average Bonchev–Trinajstić information content (AvgIpc) is 1.83. The molecule has 0 spiro atoms. The number of aryl methyl sites for hydroxylation is 1. The zero-order chi connectivity index (χ0) is 69.8. The number of aromatic nitrogens is 1. The van der Waals surface area contributed by atoms with Gasteiger partial charge in [0, 0.05) is 111 Å². The lowest BCUT2D eigenvalue weighted by atomic mass is 9.89. The van der Waals surface area contributed by atoms with Crippen LogP contribution in [0.25, 0.3) is 10.9 Å². The number of aliphatic carboxylic acids is 3. The van der Waals surface area contributed by atoms with E-state index in [0.29, 0.717) is 67.1 Å². The summed E-state index contributed by atoms with van der Waals surface area (Å²) in [5.74, 6) is -15.7. The minimum absolute atomic E-state index is 0.0443. The van der Waals surface area contributed by atoms with Crippen LogP contribution in [0.3, 0.4) is 0 Å². The number of hydrogen-bond acceptors (Lipinski definition) is 14. The van der Waals surface area contributed by atoms with E-state index in [0.717, 1.165) is 23.3 Å². The maximum Gasteiger partial charge on any atom is 0.305 e. The summed E-state index contributed by atoms with van der Waals surface area (Å²) in [7, 11) is -4.51. The second-order valence-corrected chi connectivity index (χ2v) is 26.0. The molecule has 0 saturated heterocycles. The van der Waals surface area contributed by atoms with Gasteiger partial charge in [0.05, 0.1) is 29.9 Å². The number of carbonyl (C=O) groups excluding carboxylic acids is 9. The maximum atomic E-state index is 14.7. The average molecular weight is 1340 g/mol. The number of fused-ring (bicyclic) bond motifs is 1. The maximum absolute atomic E-state index is 14.7. The lowest BCUT2D eigenvalue weighted by Gasteiger charge is -2.24. The van der Waals surface area contributed by atoms with E-state index >= 15 is 0 Å². The Kier molecular flexibility index (Phi) is 30.7. The monoisotopic (exact) mass is 1340 g/mol. The summed E-state index contributed by atoms with van der Waals surface area (Å²) < 4.78 is 43.6. The standard InChI is InChI=1S/C69H86FN7O17S/c1-42(2)45-22-26-55(27-23-45)95(93,94)77-59(39-64(86)87)61(81)38-49(25-29-63(84)85)68(91)75-41-54(79)35-50(32-44-12-11-14-52(70)33-44)69(92)76-58(36-51-40-74-57-17-7-6-16-56(51)57)60(80)37-48(24-28-62(82)83)67(90)73-30-9-4-5-15-53(78)34-47(65(71)88)13-8-10-31-72-66(89)46-20-18-43(3)19-21-46/h6-7,11-12,14,16-23,26-27,33,40,42,47-50,58-59,74,77H,4-5,8-10,13,15,24-25,28-32,34-39,41H2,1-3H3,(H2,71,88)(H,72,89)(H,73,90)(H,75,91)(H,76,92)(H,82,83)(H,84,85)(H,86,87)/t47-,48-,49-,50-,58+,59-/m1/s1. The van der Waals surface area contributed by atoms with Gasteiger partial charge in [-0.3, -0.25) is 57.5 Å². The predicted octanol–water partition coefficient (Wildman–Crippen LogP) is 6.74. The molecule has 95 heavy (non-hydrogen) atoms. The lowest BCUT2D eigenvalue weighted by molar-refractivity contribution is -0.140. The zero-order valence-corrected chi connectivity index (χ0v) is 54.4. The Morgan fingerprint density at radius 1 is 0.568 bits per heavy atom. The molecule has 0 fully saturated rings. The van der Waals surface area contributed by atoms with Crippen LogP contribution in [-0.4, -0.2) is 131 Å². The van der Waals surface area contributed by atoms with Crippen LogP contribution < -0.4 is 31.7 Å². The highest BCUT2D eigenvalue weighted by molar-refractivity contribution is 7.89. The van der Waals surface area contributed by atoms with Crippen molar-refractivity contribution in [3.8, 4) is 0 Å².